The van der Waals surface area contributed by atoms with Crippen LogP contribution < -0.4 is 11.1 Å². The molecule has 0 aromatic heterocycles. The summed E-state index contributed by atoms with van der Waals surface area (Å²) in [5.41, 5.74) is 6.15. The summed E-state index contributed by atoms with van der Waals surface area (Å²) in [7, 11) is 0. The van der Waals surface area contributed by atoms with Gasteiger partial charge in [0.1, 0.15) is 5.82 Å². The Hall–Kier alpha value is -1.58. The smallest absolute Gasteiger partial charge is 0.189 e. The Balaban J connectivity index is 2.31. The van der Waals surface area contributed by atoms with Crippen molar-refractivity contribution >= 4 is 5.96 Å². The SMILES string of the molecule is NC1=NC(c2ccccc2F)CCN1. The first-order valence-corrected chi connectivity index (χ1v) is 4.59. The summed E-state index contributed by atoms with van der Waals surface area (Å²) in [6.07, 6.45) is 0.779. The monoisotopic (exact) mass is 193 g/mol. The molecule has 1 unspecified atom stereocenters. The topological polar surface area (TPSA) is 50.4 Å². The fraction of sp³-hybridized carbons (Fsp3) is 0.300. The van der Waals surface area contributed by atoms with Crippen LogP contribution in [0.3, 0.4) is 0 Å². The highest BCUT2D eigenvalue weighted by Gasteiger charge is 2.17. The van der Waals surface area contributed by atoms with E-state index >= 15 is 0 Å². The van der Waals surface area contributed by atoms with Crippen molar-refractivity contribution < 1.29 is 4.39 Å². The predicted octanol–water partition coefficient (Wildman–Crippen LogP) is 1.17. The molecule has 1 atom stereocenters. The van der Waals surface area contributed by atoms with E-state index in [1.165, 1.54) is 6.07 Å². The van der Waals surface area contributed by atoms with E-state index in [-0.39, 0.29) is 11.9 Å². The van der Waals surface area contributed by atoms with Crippen molar-refractivity contribution in [2.24, 2.45) is 10.7 Å². The largest absolute Gasteiger partial charge is 0.370 e. The third kappa shape index (κ3) is 1.69. The van der Waals surface area contributed by atoms with Gasteiger partial charge in [0.05, 0.1) is 6.04 Å². The van der Waals surface area contributed by atoms with E-state index in [9.17, 15) is 4.39 Å². The third-order valence-electron chi connectivity index (χ3n) is 2.28. The molecule has 1 aliphatic rings. The third-order valence-corrected chi connectivity index (χ3v) is 2.28. The Labute approximate surface area is 81.8 Å². The number of benzene rings is 1. The second-order valence-corrected chi connectivity index (χ2v) is 3.27. The molecule has 3 N–H and O–H groups in total. The molecule has 4 heteroatoms. The summed E-state index contributed by atoms with van der Waals surface area (Å²) in [5, 5.41) is 2.91. The average molecular weight is 193 g/mol. The van der Waals surface area contributed by atoms with Crippen molar-refractivity contribution in [2.45, 2.75) is 12.5 Å². The summed E-state index contributed by atoms with van der Waals surface area (Å²) in [5.74, 6) is 0.181. The van der Waals surface area contributed by atoms with Gasteiger partial charge >= 0.3 is 0 Å². The van der Waals surface area contributed by atoms with Crippen molar-refractivity contribution in [1.29, 1.82) is 0 Å². The van der Waals surface area contributed by atoms with Crippen LogP contribution in [0.1, 0.15) is 18.0 Å². The van der Waals surface area contributed by atoms with E-state index in [0.29, 0.717) is 11.5 Å². The van der Waals surface area contributed by atoms with Gasteiger partial charge in [0.2, 0.25) is 0 Å². The summed E-state index contributed by atoms with van der Waals surface area (Å²) in [6.45, 7) is 0.744. The van der Waals surface area contributed by atoms with E-state index in [1.54, 1.807) is 12.1 Å². The van der Waals surface area contributed by atoms with Gasteiger partial charge in [-0.05, 0) is 12.5 Å². The quantitative estimate of drug-likeness (QED) is 0.703. The van der Waals surface area contributed by atoms with Crippen molar-refractivity contribution in [3.05, 3.63) is 35.6 Å². The summed E-state index contributed by atoms with van der Waals surface area (Å²) >= 11 is 0. The lowest BCUT2D eigenvalue weighted by molar-refractivity contribution is 0.546. The number of hydrogen-bond donors (Lipinski definition) is 2. The van der Waals surface area contributed by atoms with E-state index in [0.717, 1.165) is 13.0 Å². The highest BCUT2D eigenvalue weighted by Crippen LogP contribution is 2.24. The molecule has 0 spiro atoms. The molecule has 0 radical (unpaired) electrons. The number of nitrogens with one attached hydrogen (secondary N) is 1. The number of nitrogens with zero attached hydrogens (tertiary/aromatic N) is 1. The first-order chi connectivity index (χ1) is 6.77. The number of aliphatic imine (C=N–C) groups is 1. The Morgan fingerprint density at radius 3 is 2.93 bits per heavy atom. The van der Waals surface area contributed by atoms with Crippen molar-refractivity contribution in [3.63, 3.8) is 0 Å². The van der Waals surface area contributed by atoms with Crippen LogP contribution in [0.25, 0.3) is 0 Å². The van der Waals surface area contributed by atoms with Crippen LogP contribution in [0.2, 0.25) is 0 Å². The van der Waals surface area contributed by atoms with Crippen LogP contribution in [-0.2, 0) is 0 Å². The highest BCUT2D eigenvalue weighted by molar-refractivity contribution is 5.78. The first-order valence-electron chi connectivity index (χ1n) is 4.59. The van der Waals surface area contributed by atoms with Gasteiger partial charge in [-0.2, -0.15) is 0 Å². The average Bonchev–Trinajstić information content (AvgIpc) is 2.18. The molecular weight excluding hydrogens is 181 g/mol. The number of halogens is 1. The zero-order valence-electron chi connectivity index (χ0n) is 7.70. The van der Waals surface area contributed by atoms with Gasteiger partial charge in [-0.25, -0.2) is 9.38 Å². The molecule has 0 saturated carbocycles. The summed E-state index contributed by atoms with van der Waals surface area (Å²) in [4.78, 5) is 4.16. The van der Waals surface area contributed by atoms with Gasteiger partial charge in [-0.1, -0.05) is 18.2 Å². The Morgan fingerprint density at radius 1 is 1.43 bits per heavy atom. The second kappa shape index (κ2) is 3.65. The Bertz CT molecular complexity index is 362. The van der Waals surface area contributed by atoms with E-state index in [4.69, 9.17) is 5.73 Å². The minimum atomic E-state index is -0.212. The van der Waals surface area contributed by atoms with Crippen molar-refractivity contribution in [3.8, 4) is 0 Å². The zero-order valence-corrected chi connectivity index (χ0v) is 7.70. The van der Waals surface area contributed by atoms with Crippen LogP contribution in [-0.4, -0.2) is 12.5 Å². The molecule has 0 saturated heterocycles. The minimum Gasteiger partial charge on any atom is -0.370 e. The van der Waals surface area contributed by atoms with Gasteiger partial charge in [0.25, 0.3) is 0 Å². The van der Waals surface area contributed by atoms with Gasteiger partial charge in [0, 0.05) is 12.1 Å². The molecule has 1 aromatic rings. The molecule has 0 amide bonds. The molecule has 2 rings (SSSR count). The normalized spacial score (nSPS) is 21.2. The minimum absolute atomic E-state index is 0.141. The van der Waals surface area contributed by atoms with Gasteiger partial charge in [-0.3, -0.25) is 0 Å². The van der Waals surface area contributed by atoms with Crippen molar-refractivity contribution in [2.75, 3.05) is 6.54 Å². The lowest BCUT2D eigenvalue weighted by Gasteiger charge is -2.20. The van der Waals surface area contributed by atoms with Crippen LogP contribution >= 0.6 is 0 Å². The Morgan fingerprint density at radius 2 is 2.21 bits per heavy atom. The Kier molecular flexibility index (Phi) is 2.35. The van der Waals surface area contributed by atoms with Crippen LogP contribution in [0.4, 0.5) is 4.39 Å². The number of hydrogen-bond acceptors (Lipinski definition) is 3. The number of nitrogens with two attached hydrogens (primary N) is 1. The maximum absolute atomic E-state index is 13.4. The molecular formula is C10H12FN3. The molecule has 1 heterocycles. The van der Waals surface area contributed by atoms with Gasteiger partial charge < -0.3 is 11.1 Å². The molecule has 1 aromatic carbocycles. The van der Waals surface area contributed by atoms with E-state index in [2.05, 4.69) is 10.3 Å². The van der Waals surface area contributed by atoms with E-state index < -0.39 is 0 Å². The molecule has 3 nitrogen and oxygen atoms in total. The zero-order chi connectivity index (χ0) is 9.97. The number of guanidine groups is 1. The highest BCUT2D eigenvalue weighted by atomic mass is 19.1. The lowest BCUT2D eigenvalue weighted by atomic mass is 10.0. The van der Waals surface area contributed by atoms with Crippen LogP contribution in [0, 0.1) is 5.82 Å². The summed E-state index contributed by atoms with van der Waals surface area (Å²) < 4.78 is 13.4. The second-order valence-electron chi connectivity index (χ2n) is 3.27. The van der Waals surface area contributed by atoms with Gasteiger partial charge in [0.15, 0.2) is 5.96 Å². The molecule has 14 heavy (non-hydrogen) atoms. The fourth-order valence-corrected chi connectivity index (χ4v) is 1.59. The van der Waals surface area contributed by atoms with Crippen molar-refractivity contribution in [1.82, 2.24) is 5.32 Å². The predicted molar refractivity (Wildman–Crippen MR) is 53.4 cm³/mol. The van der Waals surface area contributed by atoms with E-state index in [1.807, 2.05) is 6.07 Å². The molecule has 74 valence electrons. The van der Waals surface area contributed by atoms with Crippen LogP contribution in [0.15, 0.2) is 29.3 Å². The molecule has 0 aliphatic carbocycles. The molecule has 0 bridgehead atoms. The molecule has 1 aliphatic heterocycles. The maximum Gasteiger partial charge on any atom is 0.189 e. The lowest BCUT2D eigenvalue weighted by Crippen LogP contribution is -2.37. The standard InChI is InChI=1S/C10H12FN3/c11-8-4-2-1-3-7(8)9-5-6-13-10(12)14-9/h1-4,9H,5-6H2,(H3,12,13,14). The summed E-state index contributed by atoms with van der Waals surface area (Å²) in [6, 6.07) is 6.54. The number of rotatable bonds is 1. The first kappa shape index (κ1) is 8.99. The van der Waals surface area contributed by atoms with Crippen LogP contribution in [0.5, 0.6) is 0 Å². The fourth-order valence-electron chi connectivity index (χ4n) is 1.59. The molecule has 0 fully saturated rings. The maximum atomic E-state index is 13.4. The van der Waals surface area contributed by atoms with Gasteiger partial charge in [-0.15, -0.1) is 0 Å².